The van der Waals surface area contributed by atoms with Gasteiger partial charge in [0.05, 0.1) is 11.1 Å². The van der Waals surface area contributed by atoms with Gasteiger partial charge in [-0.1, -0.05) is 30.3 Å². The molecule has 0 bridgehead atoms. The Balaban J connectivity index is 1.73. The lowest BCUT2D eigenvalue weighted by molar-refractivity contribution is 0.0697. The molecule has 0 fully saturated rings. The standard InChI is InChI=1S/C20H13NO4/c22-20(23)16-9-5-4-8-15(16)19-21-17-12-14(10-11-18(17)25-19)24-13-6-2-1-3-7-13/h1-12H,(H,22,23). The van der Waals surface area contributed by atoms with E-state index in [0.717, 1.165) is 5.75 Å². The highest BCUT2D eigenvalue weighted by atomic mass is 16.5. The number of ether oxygens (including phenoxy) is 1. The Morgan fingerprint density at radius 1 is 0.920 bits per heavy atom. The van der Waals surface area contributed by atoms with Crippen LogP contribution in [0.15, 0.2) is 77.2 Å². The molecule has 0 spiro atoms. The highest BCUT2D eigenvalue weighted by Gasteiger charge is 2.16. The second-order valence-electron chi connectivity index (χ2n) is 5.41. The van der Waals surface area contributed by atoms with Crippen molar-refractivity contribution in [2.24, 2.45) is 0 Å². The van der Waals surface area contributed by atoms with E-state index in [4.69, 9.17) is 9.15 Å². The number of nitrogens with zero attached hydrogens (tertiary/aromatic N) is 1. The van der Waals surface area contributed by atoms with Gasteiger partial charge in [0.25, 0.3) is 0 Å². The van der Waals surface area contributed by atoms with Gasteiger partial charge in [0, 0.05) is 6.07 Å². The molecule has 122 valence electrons. The summed E-state index contributed by atoms with van der Waals surface area (Å²) in [6.07, 6.45) is 0. The van der Waals surface area contributed by atoms with Crippen molar-refractivity contribution in [1.82, 2.24) is 4.98 Å². The van der Waals surface area contributed by atoms with Crippen LogP contribution >= 0.6 is 0 Å². The Labute approximate surface area is 143 Å². The molecule has 5 heteroatoms. The number of rotatable bonds is 4. The SMILES string of the molecule is O=C(O)c1ccccc1-c1nc2cc(Oc3ccccc3)ccc2o1. The number of para-hydroxylation sites is 1. The van der Waals surface area contributed by atoms with E-state index in [-0.39, 0.29) is 11.5 Å². The molecule has 5 nitrogen and oxygen atoms in total. The maximum Gasteiger partial charge on any atom is 0.336 e. The van der Waals surface area contributed by atoms with Gasteiger partial charge < -0.3 is 14.3 Å². The van der Waals surface area contributed by atoms with E-state index in [1.807, 2.05) is 30.3 Å². The van der Waals surface area contributed by atoms with Crippen molar-refractivity contribution in [3.8, 4) is 23.0 Å². The van der Waals surface area contributed by atoms with Crippen molar-refractivity contribution in [3.63, 3.8) is 0 Å². The number of benzene rings is 3. The zero-order valence-corrected chi connectivity index (χ0v) is 13.0. The summed E-state index contributed by atoms with van der Waals surface area (Å²) in [4.78, 5) is 15.8. The summed E-state index contributed by atoms with van der Waals surface area (Å²) in [5.74, 6) is 0.600. The first kappa shape index (κ1) is 15.0. The number of carboxylic acid groups (broad SMARTS) is 1. The van der Waals surface area contributed by atoms with Crippen LogP contribution < -0.4 is 4.74 Å². The molecule has 4 aromatic rings. The minimum absolute atomic E-state index is 0.148. The predicted molar refractivity (Wildman–Crippen MR) is 92.9 cm³/mol. The van der Waals surface area contributed by atoms with E-state index in [1.54, 1.807) is 36.4 Å². The van der Waals surface area contributed by atoms with Gasteiger partial charge >= 0.3 is 5.97 Å². The number of oxazole rings is 1. The lowest BCUT2D eigenvalue weighted by atomic mass is 10.1. The quantitative estimate of drug-likeness (QED) is 0.570. The topological polar surface area (TPSA) is 72.6 Å². The van der Waals surface area contributed by atoms with Crippen LogP contribution in [0.2, 0.25) is 0 Å². The summed E-state index contributed by atoms with van der Waals surface area (Å²) >= 11 is 0. The largest absolute Gasteiger partial charge is 0.478 e. The Kier molecular flexibility index (Phi) is 3.67. The van der Waals surface area contributed by atoms with Crippen molar-refractivity contribution in [2.75, 3.05) is 0 Å². The van der Waals surface area contributed by atoms with Crippen LogP contribution in [0.3, 0.4) is 0 Å². The van der Waals surface area contributed by atoms with Crippen LogP contribution in [0.5, 0.6) is 11.5 Å². The molecular weight excluding hydrogens is 318 g/mol. The lowest BCUT2D eigenvalue weighted by Gasteiger charge is -2.04. The molecule has 0 aliphatic carbocycles. The summed E-state index contributed by atoms with van der Waals surface area (Å²) in [6.45, 7) is 0. The summed E-state index contributed by atoms with van der Waals surface area (Å²) in [7, 11) is 0. The number of fused-ring (bicyclic) bond motifs is 1. The average molecular weight is 331 g/mol. The van der Waals surface area contributed by atoms with Gasteiger partial charge in [0.15, 0.2) is 5.58 Å². The second-order valence-corrected chi connectivity index (χ2v) is 5.41. The first-order chi connectivity index (χ1) is 12.2. The van der Waals surface area contributed by atoms with Crippen LogP contribution in [-0.2, 0) is 0 Å². The van der Waals surface area contributed by atoms with Gasteiger partial charge in [-0.15, -0.1) is 0 Å². The monoisotopic (exact) mass is 331 g/mol. The third-order valence-electron chi connectivity index (χ3n) is 3.73. The van der Waals surface area contributed by atoms with Crippen molar-refractivity contribution in [2.45, 2.75) is 0 Å². The molecular formula is C20H13NO4. The Morgan fingerprint density at radius 2 is 1.68 bits per heavy atom. The molecule has 1 heterocycles. The van der Waals surface area contributed by atoms with E-state index < -0.39 is 5.97 Å². The minimum Gasteiger partial charge on any atom is -0.478 e. The van der Waals surface area contributed by atoms with Gasteiger partial charge in [-0.3, -0.25) is 0 Å². The van der Waals surface area contributed by atoms with Crippen molar-refractivity contribution >= 4 is 17.1 Å². The number of hydrogen-bond donors (Lipinski definition) is 1. The summed E-state index contributed by atoms with van der Waals surface area (Å²) in [5, 5.41) is 9.32. The fourth-order valence-corrected chi connectivity index (χ4v) is 2.57. The Bertz CT molecular complexity index is 1050. The van der Waals surface area contributed by atoms with Crippen LogP contribution in [0.25, 0.3) is 22.6 Å². The van der Waals surface area contributed by atoms with Gasteiger partial charge in [-0.25, -0.2) is 9.78 Å². The molecule has 0 unspecified atom stereocenters. The summed E-state index contributed by atoms with van der Waals surface area (Å²) < 4.78 is 11.5. The smallest absolute Gasteiger partial charge is 0.336 e. The van der Waals surface area contributed by atoms with Gasteiger partial charge in [0.2, 0.25) is 5.89 Å². The van der Waals surface area contributed by atoms with Crippen molar-refractivity contribution in [1.29, 1.82) is 0 Å². The molecule has 1 N–H and O–H groups in total. The number of carboxylic acids is 1. The zero-order chi connectivity index (χ0) is 17.2. The van der Waals surface area contributed by atoms with Crippen LogP contribution in [0.4, 0.5) is 0 Å². The summed E-state index contributed by atoms with van der Waals surface area (Å²) in [5.41, 5.74) is 1.76. The fourth-order valence-electron chi connectivity index (χ4n) is 2.57. The molecule has 0 atom stereocenters. The first-order valence-electron chi connectivity index (χ1n) is 7.67. The molecule has 1 aromatic heterocycles. The molecule has 0 aliphatic rings. The fraction of sp³-hybridized carbons (Fsp3) is 0. The predicted octanol–water partition coefficient (Wildman–Crippen LogP) is 4.99. The van der Waals surface area contributed by atoms with Crippen LogP contribution in [-0.4, -0.2) is 16.1 Å². The number of carbonyl (C=O) groups is 1. The minimum atomic E-state index is -1.02. The number of aromatic nitrogens is 1. The third kappa shape index (κ3) is 2.95. The van der Waals surface area contributed by atoms with Gasteiger partial charge in [-0.2, -0.15) is 0 Å². The Morgan fingerprint density at radius 3 is 2.48 bits per heavy atom. The van der Waals surface area contributed by atoms with Crippen molar-refractivity contribution < 1.29 is 19.1 Å². The van der Waals surface area contributed by atoms with Gasteiger partial charge in [-0.05, 0) is 36.4 Å². The molecule has 0 saturated carbocycles. The molecule has 25 heavy (non-hydrogen) atoms. The normalized spacial score (nSPS) is 10.7. The highest BCUT2D eigenvalue weighted by Crippen LogP contribution is 2.30. The highest BCUT2D eigenvalue weighted by molar-refractivity contribution is 5.95. The maximum atomic E-state index is 11.4. The maximum absolute atomic E-state index is 11.4. The average Bonchev–Trinajstić information content (AvgIpc) is 3.06. The zero-order valence-electron chi connectivity index (χ0n) is 13.0. The van der Waals surface area contributed by atoms with Crippen LogP contribution in [0.1, 0.15) is 10.4 Å². The second kappa shape index (κ2) is 6.13. The molecule has 0 amide bonds. The third-order valence-corrected chi connectivity index (χ3v) is 3.73. The van der Waals surface area contributed by atoms with Gasteiger partial charge in [0.1, 0.15) is 17.0 Å². The number of aromatic carboxylic acids is 1. The molecule has 3 aromatic carbocycles. The van der Waals surface area contributed by atoms with E-state index in [1.165, 1.54) is 6.07 Å². The van der Waals surface area contributed by atoms with E-state index in [0.29, 0.717) is 22.4 Å². The number of hydrogen-bond acceptors (Lipinski definition) is 4. The van der Waals surface area contributed by atoms with E-state index >= 15 is 0 Å². The molecule has 0 aliphatic heterocycles. The molecule has 0 radical (unpaired) electrons. The summed E-state index contributed by atoms with van der Waals surface area (Å²) in [6, 6.07) is 21.4. The van der Waals surface area contributed by atoms with Crippen molar-refractivity contribution in [3.05, 3.63) is 78.4 Å². The Hall–Kier alpha value is -3.60. The lowest BCUT2D eigenvalue weighted by Crippen LogP contribution is -1.98. The first-order valence-corrected chi connectivity index (χ1v) is 7.67. The van der Waals surface area contributed by atoms with E-state index in [2.05, 4.69) is 4.98 Å². The molecule has 4 rings (SSSR count). The van der Waals surface area contributed by atoms with Crippen LogP contribution in [0, 0.1) is 0 Å². The van der Waals surface area contributed by atoms with E-state index in [9.17, 15) is 9.90 Å². The molecule has 0 saturated heterocycles.